The summed E-state index contributed by atoms with van der Waals surface area (Å²) < 4.78 is 7.14. The van der Waals surface area contributed by atoms with Crippen LogP contribution in [0.5, 0.6) is 0 Å². The number of hydrogen-bond acceptors (Lipinski definition) is 6. The van der Waals surface area contributed by atoms with Gasteiger partial charge in [-0.2, -0.15) is 0 Å². The van der Waals surface area contributed by atoms with Crippen LogP contribution in [0.15, 0.2) is 30.3 Å². The van der Waals surface area contributed by atoms with Crippen LogP contribution in [0.1, 0.15) is 43.1 Å². The topological polar surface area (TPSA) is 85.2 Å². The molecule has 1 aliphatic heterocycles. The molecule has 2 aromatic rings. The highest BCUT2D eigenvalue weighted by atomic mass is 16.5. The molecule has 1 aromatic heterocycles. The van der Waals surface area contributed by atoms with Crippen molar-refractivity contribution in [2.45, 2.75) is 44.3 Å². The van der Waals surface area contributed by atoms with Crippen LogP contribution in [0.3, 0.4) is 0 Å². The Kier molecular flexibility index (Phi) is 5.74. The zero-order chi connectivity index (χ0) is 18.5. The first-order valence-corrected chi connectivity index (χ1v) is 9.73. The zero-order valence-electron chi connectivity index (χ0n) is 15.5. The van der Waals surface area contributed by atoms with Crippen molar-refractivity contribution in [3.63, 3.8) is 0 Å². The molecule has 8 nitrogen and oxygen atoms in total. The Labute approximate surface area is 158 Å². The third-order valence-electron chi connectivity index (χ3n) is 5.34. The first kappa shape index (κ1) is 18.1. The van der Waals surface area contributed by atoms with E-state index in [9.17, 15) is 4.79 Å². The molecule has 4 rings (SSSR count). The highest BCUT2D eigenvalue weighted by Gasteiger charge is 2.29. The van der Waals surface area contributed by atoms with Crippen LogP contribution >= 0.6 is 0 Å². The number of amides is 1. The summed E-state index contributed by atoms with van der Waals surface area (Å²) in [5.41, 5.74) is 1.12. The number of tetrazole rings is 1. The van der Waals surface area contributed by atoms with Crippen molar-refractivity contribution in [2.75, 3.05) is 26.3 Å². The number of hydrogen-bond donors (Lipinski definition) is 1. The lowest BCUT2D eigenvalue weighted by atomic mass is 10.0. The summed E-state index contributed by atoms with van der Waals surface area (Å²) in [6.07, 6.45) is 4.51. The van der Waals surface area contributed by atoms with Crippen molar-refractivity contribution < 1.29 is 9.53 Å². The number of carbonyl (C=O) groups is 1. The SMILES string of the molecule is O=C(Cn1nnnc1[C@@H](c1ccccc1)N1CCOCC1)NC1CCCC1. The summed E-state index contributed by atoms with van der Waals surface area (Å²) >= 11 is 0. The quantitative estimate of drug-likeness (QED) is 0.821. The zero-order valence-corrected chi connectivity index (χ0v) is 15.5. The van der Waals surface area contributed by atoms with Crippen molar-refractivity contribution >= 4 is 5.91 Å². The molecule has 2 fully saturated rings. The largest absolute Gasteiger partial charge is 0.379 e. The molecule has 0 unspecified atom stereocenters. The van der Waals surface area contributed by atoms with Gasteiger partial charge in [0.25, 0.3) is 0 Å². The van der Waals surface area contributed by atoms with Gasteiger partial charge in [-0.1, -0.05) is 43.2 Å². The molecular formula is C19H26N6O2. The van der Waals surface area contributed by atoms with Gasteiger partial charge in [-0.05, 0) is 28.8 Å². The number of nitrogens with one attached hydrogen (secondary N) is 1. The minimum Gasteiger partial charge on any atom is -0.379 e. The average Bonchev–Trinajstić information content (AvgIpc) is 3.36. The summed E-state index contributed by atoms with van der Waals surface area (Å²) in [6, 6.07) is 10.4. The van der Waals surface area contributed by atoms with Gasteiger partial charge < -0.3 is 10.1 Å². The lowest BCUT2D eigenvalue weighted by molar-refractivity contribution is -0.122. The van der Waals surface area contributed by atoms with Gasteiger partial charge in [-0.25, -0.2) is 4.68 Å². The van der Waals surface area contributed by atoms with Crippen LogP contribution in [0.25, 0.3) is 0 Å². The van der Waals surface area contributed by atoms with E-state index in [2.05, 4.69) is 37.9 Å². The Morgan fingerprint density at radius 3 is 2.67 bits per heavy atom. The molecule has 0 spiro atoms. The fraction of sp³-hybridized carbons (Fsp3) is 0.579. The summed E-state index contributed by atoms with van der Waals surface area (Å²) in [4.78, 5) is 14.8. The minimum atomic E-state index is -0.0932. The first-order chi connectivity index (χ1) is 13.3. The van der Waals surface area contributed by atoms with Crippen LogP contribution in [-0.2, 0) is 16.1 Å². The number of nitrogens with zero attached hydrogens (tertiary/aromatic N) is 5. The van der Waals surface area contributed by atoms with Gasteiger partial charge in [0.05, 0.1) is 19.3 Å². The molecule has 0 bridgehead atoms. The normalized spacial score (nSPS) is 19.9. The Morgan fingerprint density at radius 2 is 1.93 bits per heavy atom. The Hall–Kier alpha value is -2.32. The van der Waals surface area contributed by atoms with Gasteiger partial charge >= 0.3 is 0 Å². The first-order valence-electron chi connectivity index (χ1n) is 9.73. The lowest BCUT2D eigenvalue weighted by Gasteiger charge is -2.33. The van der Waals surface area contributed by atoms with Crippen molar-refractivity contribution in [3.8, 4) is 0 Å². The summed E-state index contributed by atoms with van der Waals surface area (Å²) in [7, 11) is 0. The van der Waals surface area contributed by atoms with E-state index in [1.165, 1.54) is 12.8 Å². The molecule has 1 aromatic carbocycles. The number of carbonyl (C=O) groups excluding carboxylic acids is 1. The molecule has 1 atom stereocenters. The number of rotatable bonds is 6. The van der Waals surface area contributed by atoms with Crippen LogP contribution in [0.4, 0.5) is 0 Å². The van der Waals surface area contributed by atoms with Crippen molar-refractivity contribution in [1.82, 2.24) is 30.4 Å². The van der Waals surface area contributed by atoms with E-state index in [4.69, 9.17) is 4.74 Å². The van der Waals surface area contributed by atoms with Gasteiger partial charge in [-0.3, -0.25) is 9.69 Å². The minimum absolute atomic E-state index is 0.0239. The highest BCUT2D eigenvalue weighted by molar-refractivity contribution is 5.76. The second-order valence-corrected chi connectivity index (χ2v) is 7.21. The van der Waals surface area contributed by atoms with E-state index >= 15 is 0 Å². The van der Waals surface area contributed by atoms with Crippen LogP contribution in [0.2, 0.25) is 0 Å². The molecule has 1 amide bonds. The third kappa shape index (κ3) is 4.33. The van der Waals surface area contributed by atoms with Gasteiger partial charge in [-0.15, -0.1) is 5.10 Å². The van der Waals surface area contributed by atoms with Gasteiger partial charge in [0.2, 0.25) is 5.91 Å². The van der Waals surface area contributed by atoms with Gasteiger partial charge in [0, 0.05) is 19.1 Å². The Bertz CT molecular complexity index is 738. The van der Waals surface area contributed by atoms with E-state index in [1.807, 2.05) is 18.2 Å². The lowest BCUT2D eigenvalue weighted by Crippen LogP contribution is -2.41. The number of ether oxygens (including phenoxy) is 1. The molecular weight excluding hydrogens is 344 g/mol. The van der Waals surface area contributed by atoms with Crippen LogP contribution in [-0.4, -0.2) is 63.4 Å². The molecule has 8 heteroatoms. The second-order valence-electron chi connectivity index (χ2n) is 7.21. The summed E-state index contributed by atoms with van der Waals surface area (Å²) in [5.74, 6) is 0.675. The number of aromatic nitrogens is 4. The predicted octanol–water partition coefficient (Wildman–Crippen LogP) is 1.15. The fourth-order valence-corrected chi connectivity index (χ4v) is 3.99. The van der Waals surface area contributed by atoms with E-state index < -0.39 is 0 Å². The molecule has 144 valence electrons. The monoisotopic (exact) mass is 370 g/mol. The average molecular weight is 370 g/mol. The number of benzene rings is 1. The number of morpholine rings is 1. The van der Waals surface area contributed by atoms with Crippen molar-refractivity contribution in [2.24, 2.45) is 0 Å². The standard InChI is InChI=1S/C19H26N6O2/c26-17(20-16-8-4-5-9-16)14-25-19(21-22-23-25)18(15-6-2-1-3-7-15)24-10-12-27-13-11-24/h1-3,6-7,16,18H,4-5,8-14H2,(H,20,26)/t18-/m1/s1. The van der Waals surface area contributed by atoms with E-state index in [1.54, 1.807) is 4.68 Å². The maximum Gasteiger partial charge on any atom is 0.242 e. The third-order valence-corrected chi connectivity index (χ3v) is 5.34. The van der Waals surface area contributed by atoms with E-state index in [0.29, 0.717) is 25.1 Å². The van der Waals surface area contributed by atoms with Crippen LogP contribution < -0.4 is 5.32 Å². The van der Waals surface area contributed by atoms with Crippen molar-refractivity contribution in [1.29, 1.82) is 0 Å². The van der Waals surface area contributed by atoms with Crippen LogP contribution in [0, 0.1) is 0 Å². The van der Waals surface area contributed by atoms with Gasteiger partial charge in [0.15, 0.2) is 5.82 Å². The fourth-order valence-electron chi connectivity index (χ4n) is 3.99. The van der Waals surface area contributed by atoms with E-state index in [-0.39, 0.29) is 18.5 Å². The molecule has 1 saturated carbocycles. The molecule has 27 heavy (non-hydrogen) atoms. The molecule has 0 radical (unpaired) electrons. The highest BCUT2D eigenvalue weighted by Crippen LogP contribution is 2.27. The van der Waals surface area contributed by atoms with Gasteiger partial charge in [0.1, 0.15) is 6.54 Å². The maximum absolute atomic E-state index is 12.5. The second kappa shape index (κ2) is 8.58. The Morgan fingerprint density at radius 1 is 1.19 bits per heavy atom. The Balaban J connectivity index is 1.55. The molecule has 1 saturated heterocycles. The maximum atomic E-state index is 12.5. The smallest absolute Gasteiger partial charge is 0.242 e. The molecule has 2 heterocycles. The van der Waals surface area contributed by atoms with Crippen molar-refractivity contribution in [3.05, 3.63) is 41.7 Å². The van der Waals surface area contributed by atoms with E-state index in [0.717, 1.165) is 31.5 Å². The molecule has 2 aliphatic rings. The molecule has 1 N–H and O–H groups in total. The molecule has 1 aliphatic carbocycles. The summed E-state index contributed by atoms with van der Waals surface area (Å²) in [6.45, 7) is 3.13. The predicted molar refractivity (Wildman–Crippen MR) is 98.9 cm³/mol. The summed E-state index contributed by atoms with van der Waals surface area (Å²) in [5, 5.41) is 15.4.